The van der Waals surface area contributed by atoms with Crippen molar-refractivity contribution in [2.24, 2.45) is 0 Å². The molecule has 0 saturated heterocycles. The molecule has 3 aromatic heterocycles. The summed E-state index contributed by atoms with van der Waals surface area (Å²) in [6.45, 7) is 0.0500. The predicted octanol–water partition coefficient (Wildman–Crippen LogP) is 1.68. The highest BCUT2D eigenvalue weighted by atomic mass is 32.2. The quantitative estimate of drug-likeness (QED) is 0.469. The lowest BCUT2D eigenvalue weighted by Crippen LogP contribution is -2.28. The van der Waals surface area contributed by atoms with E-state index in [9.17, 15) is 17.6 Å². The van der Waals surface area contributed by atoms with Gasteiger partial charge in [0.05, 0.1) is 47.7 Å². The number of hydrogen-bond donors (Lipinski definition) is 1. The highest BCUT2D eigenvalue weighted by Crippen LogP contribution is 2.21. The fourth-order valence-corrected chi connectivity index (χ4v) is 3.34. The van der Waals surface area contributed by atoms with Crippen LogP contribution in [-0.2, 0) is 16.6 Å². The number of halogens is 1. The first-order chi connectivity index (χ1) is 15.2. The minimum absolute atomic E-state index is 0.00333. The lowest BCUT2D eigenvalue weighted by atomic mass is 10.2. The number of rotatable bonds is 6. The molecule has 164 valence electrons. The lowest BCUT2D eigenvalue weighted by molar-refractivity contribution is 0.0951. The van der Waals surface area contributed by atoms with Crippen LogP contribution in [0.5, 0.6) is 0 Å². The van der Waals surface area contributed by atoms with Gasteiger partial charge in [-0.25, -0.2) is 31.8 Å². The molecular weight excluding hydrogens is 437 g/mol. The molecule has 0 fully saturated rings. The largest absolute Gasteiger partial charge is 0.346 e. The number of nitrogens with zero attached hydrogens (tertiary/aromatic N) is 6. The first kappa shape index (κ1) is 21.3. The normalized spacial score (nSPS) is 11.5. The second kappa shape index (κ2) is 8.30. The van der Waals surface area contributed by atoms with E-state index in [4.69, 9.17) is 0 Å². The van der Waals surface area contributed by atoms with Crippen LogP contribution >= 0.6 is 0 Å². The van der Waals surface area contributed by atoms with Crippen molar-refractivity contribution in [1.82, 2.24) is 30.0 Å². The molecule has 0 radical (unpaired) electrons. The number of aromatic nitrogens is 5. The van der Waals surface area contributed by atoms with Crippen molar-refractivity contribution in [3.8, 4) is 5.69 Å². The van der Waals surface area contributed by atoms with Crippen molar-refractivity contribution in [1.29, 1.82) is 0 Å². The molecule has 12 heteroatoms. The van der Waals surface area contributed by atoms with Gasteiger partial charge >= 0.3 is 0 Å². The molecule has 0 atom stereocenters. The van der Waals surface area contributed by atoms with Crippen LogP contribution in [0.3, 0.4) is 0 Å². The van der Waals surface area contributed by atoms with E-state index in [2.05, 4.69) is 25.4 Å². The number of anilines is 1. The highest BCUT2D eigenvalue weighted by Gasteiger charge is 2.17. The molecule has 0 saturated carbocycles. The Labute approximate surface area is 182 Å². The molecule has 0 aliphatic heterocycles. The molecule has 4 aromatic rings. The summed E-state index contributed by atoms with van der Waals surface area (Å²) in [6, 6.07) is 7.38. The summed E-state index contributed by atoms with van der Waals surface area (Å²) in [5, 5.41) is 7.62. The van der Waals surface area contributed by atoms with E-state index in [1.165, 1.54) is 31.6 Å². The van der Waals surface area contributed by atoms with Crippen LogP contribution in [0.15, 0.2) is 55.1 Å². The molecule has 1 amide bonds. The summed E-state index contributed by atoms with van der Waals surface area (Å²) in [4.78, 5) is 25.1. The van der Waals surface area contributed by atoms with Gasteiger partial charge in [0.2, 0.25) is 16.0 Å². The van der Waals surface area contributed by atoms with Gasteiger partial charge in [0.25, 0.3) is 5.91 Å². The molecule has 0 spiro atoms. The Morgan fingerprint density at radius 3 is 2.62 bits per heavy atom. The number of carbonyl (C=O) groups is 1. The van der Waals surface area contributed by atoms with Crippen LogP contribution in [0.25, 0.3) is 16.6 Å². The van der Waals surface area contributed by atoms with Crippen molar-refractivity contribution < 1.29 is 17.6 Å². The smallest absolute Gasteiger partial charge is 0.253 e. The average molecular weight is 455 g/mol. The topological polar surface area (TPSA) is 123 Å². The van der Waals surface area contributed by atoms with Crippen molar-refractivity contribution >= 4 is 32.8 Å². The SMILES string of the molecule is CN(c1nccc(CNC(=O)c2cncc3c2cnn3-c2ccc(F)cc2)n1)S(C)(=O)=O. The summed E-state index contributed by atoms with van der Waals surface area (Å²) >= 11 is 0. The van der Waals surface area contributed by atoms with Crippen LogP contribution in [0.4, 0.5) is 10.3 Å². The zero-order valence-corrected chi connectivity index (χ0v) is 17.9. The zero-order valence-electron chi connectivity index (χ0n) is 17.1. The number of pyridine rings is 1. The Morgan fingerprint density at radius 2 is 1.91 bits per heavy atom. The van der Waals surface area contributed by atoms with Crippen LogP contribution < -0.4 is 9.62 Å². The van der Waals surface area contributed by atoms with Gasteiger partial charge in [0.15, 0.2) is 0 Å². The Morgan fingerprint density at radius 1 is 1.16 bits per heavy atom. The van der Waals surface area contributed by atoms with Crippen LogP contribution in [0.1, 0.15) is 16.1 Å². The van der Waals surface area contributed by atoms with E-state index >= 15 is 0 Å². The van der Waals surface area contributed by atoms with Gasteiger partial charge < -0.3 is 5.32 Å². The highest BCUT2D eigenvalue weighted by molar-refractivity contribution is 7.92. The molecule has 3 heterocycles. The van der Waals surface area contributed by atoms with Gasteiger partial charge in [-0.2, -0.15) is 5.10 Å². The summed E-state index contributed by atoms with van der Waals surface area (Å²) in [5.74, 6) is -0.763. The fraction of sp³-hybridized carbons (Fsp3) is 0.150. The van der Waals surface area contributed by atoms with Crippen molar-refractivity contribution in [2.75, 3.05) is 17.6 Å². The minimum atomic E-state index is -3.51. The van der Waals surface area contributed by atoms with E-state index in [0.29, 0.717) is 27.8 Å². The van der Waals surface area contributed by atoms with Gasteiger partial charge in [-0.15, -0.1) is 0 Å². The predicted molar refractivity (Wildman–Crippen MR) is 115 cm³/mol. The van der Waals surface area contributed by atoms with Crippen LogP contribution in [0, 0.1) is 5.82 Å². The summed E-state index contributed by atoms with van der Waals surface area (Å²) in [7, 11) is -2.17. The maximum Gasteiger partial charge on any atom is 0.253 e. The first-order valence-electron chi connectivity index (χ1n) is 9.36. The maximum atomic E-state index is 13.2. The fourth-order valence-electron chi connectivity index (χ4n) is 2.96. The minimum Gasteiger partial charge on any atom is -0.346 e. The van der Waals surface area contributed by atoms with E-state index in [-0.39, 0.29) is 18.3 Å². The van der Waals surface area contributed by atoms with Crippen molar-refractivity contribution in [2.45, 2.75) is 6.54 Å². The van der Waals surface area contributed by atoms with Gasteiger partial charge in [-0.1, -0.05) is 0 Å². The van der Waals surface area contributed by atoms with Gasteiger partial charge in [-0.3, -0.25) is 9.78 Å². The molecular formula is C20H18FN7O3S. The molecule has 4 rings (SSSR count). The summed E-state index contributed by atoms with van der Waals surface area (Å²) < 4.78 is 39.1. The third-order valence-electron chi connectivity index (χ3n) is 4.72. The number of fused-ring (bicyclic) bond motifs is 1. The number of hydrogen-bond acceptors (Lipinski definition) is 7. The monoisotopic (exact) mass is 455 g/mol. The van der Waals surface area contributed by atoms with E-state index < -0.39 is 15.9 Å². The molecule has 10 nitrogen and oxygen atoms in total. The first-order valence-corrected chi connectivity index (χ1v) is 11.2. The molecule has 1 aromatic carbocycles. The van der Waals surface area contributed by atoms with Gasteiger partial charge in [0, 0.05) is 24.8 Å². The van der Waals surface area contributed by atoms with Gasteiger partial charge in [0.1, 0.15) is 5.82 Å². The Hall–Kier alpha value is -3.93. The average Bonchev–Trinajstić information content (AvgIpc) is 3.21. The molecule has 0 bridgehead atoms. The number of benzene rings is 1. The third kappa shape index (κ3) is 4.25. The number of sulfonamides is 1. The van der Waals surface area contributed by atoms with Crippen LogP contribution in [-0.4, -0.2) is 52.4 Å². The number of amides is 1. The third-order valence-corrected chi connectivity index (χ3v) is 5.88. The lowest BCUT2D eigenvalue weighted by Gasteiger charge is -2.14. The Bertz CT molecular complexity index is 1400. The van der Waals surface area contributed by atoms with E-state index in [0.717, 1.165) is 10.6 Å². The summed E-state index contributed by atoms with van der Waals surface area (Å²) in [5.41, 5.74) is 1.95. The molecule has 0 aliphatic rings. The van der Waals surface area contributed by atoms with Crippen LogP contribution in [0.2, 0.25) is 0 Å². The Kier molecular flexibility index (Phi) is 5.53. The second-order valence-corrected chi connectivity index (χ2v) is 8.93. The molecule has 1 N–H and O–H groups in total. The Balaban J connectivity index is 1.56. The zero-order chi connectivity index (χ0) is 22.9. The molecule has 0 unspecified atom stereocenters. The number of carbonyl (C=O) groups excluding carboxylic acids is 1. The number of nitrogens with one attached hydrogen (secondary N) is 1. The summed E-state index contributed by atoms with van der Waals surface area (Å²) in [6.07, 6.45) is 7.00. The standard InChI is InChI=1S/C20H18FN7O3S/c1-27(32(2,30)31)20-23-8-7-14(26-20)9-24-19(29)17-10-22-12-18-16(17)11-25-28(18)15-5-3-13(21)4-6-15/h3-8,10-12H,9H2,1-2H3,(H,24,29). The van der Waals surface area contributed by atoms with E-state index in [1.54, 1.807) is 35.3 Å². The van der Waals surface area contributed by atoms with Gasteiger partial charge in [-0.05, 0) is 30.3 Å². The maximum absolute atomic E-state index is 13.2. The second-order valence-electron chi connectivity index (χ2n) is 6.91. The molecule has 0 aliphatic carbocycles. The van der Waals surface area contributed by atoms with E-state index in [1.807, 2.05) is 0 Å². The van der Waals surface area contributed by atoms with Crippen molar-refractivity contribution in [3.63, 3.8) is 0 Å². The molecule has 32 heavy (non-hydrogen) atoms. The van der Waals surface area contributed by atoms with Crippen molar-refractivity contribution in [3.05, 3.63) is 72.2 Å².